The lowest BCUT2D eigenvalue weighted by atomic mass is 10.2. The smallest absolute Gasteiger partial charge is 0.181 e. The molecule has 14 heavy (non-hydrogen) atoms. The molecule has 2 aromatic rings. The van der Waals surface area contributed by atoms with Crippen LogP contribution in [0.4, 0.5) is 5.69 Å². The van der Waals surface area contributed by atoms with Crippen LogP contribution in [0, 0.1) is 0 Å². The van der Waals surface area contributed by atoms with Gasteiger partial charge in [0.25, 0.3) is 0 Å². The van der Waals surface area contributed by atoms with Gasteiger partial charge in [-0.25, -0.2) is 4.98 Å². The number of hydrogen-bond donors (Lipinski definition) is 0. The first-order chi connectivity index (χ1) is 6.81. The molecule has 0 aliphatic rings. The molecule has 0 spiro atoms. The van der Waals surface area contributed by atoms with Crippen LogP contribution < -0.4 is 4.90 Å². The van der Waals surface area contributed by atoms with E-state index in [1.807, 2.05) is 30.1 Å². The molecule has 0 bridgehead atoms. The fourth-order valence-electron chi connectivity index (χ4n) is 1.30. The van der Waals surface area contributed by atoms with E-state index in [9.17, 15) is 4.79 Å². The standard InChI is InChI=1S/C10H10N2O2/c1-12(4-5-13)8-2-3-9-10(6-8)14-7-11-9/h2-3,5-7H,4H2,1H3. The molecular formula is C10H10N2O2. The number of nitrogens with zero attached hydrogens (tertiary/aromatic N) is 2. The molecule has 4 nitrogen and oxygen atoms in total. The van der Waals surface area contributed by atoms with Crippen molar-refractivity contribution in [3.63, 3.8) is 0 Å². The Balaban J connectivity index is 2.38. The van der Waals surface area contributed by atoms with Crippen LogP contribution in [0.5, 0.6) is 0 Å². The topological polar surface area (TPSA) is 46.3 Å². The summed E-state index contributed by atoms with van der Waals surface area (Å²) in [6.07, 6.45) is 2.28. The SMILES string of the molecule is CN(CC=O)c1ccc2ncoc2c1. The molecule has 0 saturated carbocycles. The fraction of sp³-hybridized carbons (Fsp3) is 0.200. The highest BCUT2D eigenvalue weighted by Gasteiger charge is 2.03. The Hall–Kier alpha value is -1.84. The summed E-state index contributed by atoms with van der Waals surface area (Å²) in [6, 6.07) is 5.65. The summed E-state index contributed by atoms with van der Waals surface area (Å²) in [5.74, 6) is 0. The maximum absolute atomic E-state index is 10.3. The van der Waals surface area contributed by atoms with E-state index in [1.165, 1.54) is 6.39 Å². The number of rotatable bonds is 3. The maximum atomic E-state index is 10.3. The number of hydrogen-bond acceptors (Lipinski definition) is 4. The first-order valence-electron chi connectivity index (χ1n) is 4.29. The van der Waals surface area contributed by atoms with Crippen LogP contribution in [0.25, 0.3) is 11.1 Å². The highest BCUT2D eigenvalue weighted by atomic mass is 16.3. The number of aromatic nitrogens is 1. The molecule has 0 unspecified atom stereocenters. The average molecular weight is 190 g/mol. The van der Waals surface area contributed by atoms with Gasteiger partial charge in [-0.15, -0.1) is 0 Å². The number of fused-ring (bicyclic) bond motifs is 1. The molecule has 0 saturated heterocycles. The number of benzene rings is 1. The Morgan fingerprint density at radius 3 is 3.21 bits per heavy atom. The minimum atomic E-state index is 0.375. The minimum Gasteiger partial charge on any atom is -0.443 e. The van der Waals surface area contributed by atoms with E-state index in [-0.39, 0.29) is 0 Å². The van der Waals surface area contributed by atoms with Crippen molar-refractivity contribution in [3.05, 3.63) is 24.6 Å². The van der Waals surface area contributed by atoms with Gasteiger partial charge in [-0.3, -0.25) is 0 Å². The van der Waals surface area contributed by atoms with Gasteiger partial charge in [0.1, 0.15) is 11.8 Å². The molecule has 0 radical (unpaired) electrons. The summed E-state index contributed by atoms with van der Waals surface area (Å²) in [4.78, 5) is 16.2. The second kappa shape index (κ2) is 3.49. The van der Waals surface area contributed by atoms with Crippen molar-refractivity contribution in [3.8, 4) is 0 Å². The van der Waals surface area contributed by atoms with Crippen LogP contribution in [-0.2, 0) is 4.79 Å². The third kappa shape index (κ3) is 1.46. The third-order valence-electron chi connectivity index (χ3n) is 2.10. The van der Waals surface area contributed by atoms with E-state index in [4.69, 9.17) is 4.42 Å². The maximum Gasteiger partial charge on any atom is 0.181 e. The summed E-state index contributed by atoms with van der Waals surface area (Å²) in [6.45, 7) is 0.375. The molecular weight excluding hydrogens is 180 g/mol. The number of likely N-dealkylation sites (N-methyl/N-ethyl adjacent to an activating group) is 1. The summed E-state index contributed by atoms with van der Waals surface area (Å²) in [5, 5.41) is 0. The van der Waals surface area contributed by atoms with Crippen molar-refractivity contribution in [2.45, 2.75) is 0 Å². The summed E-state index contributed by atoms with van der Waals surface area (Å²) < 4.78 is 5.16. The van der Waals surface area contributed by atoms with Gasteiger partial charge in [0, 0.05) is 18.8 Å². The first-order valence-corrected chi connectivity index (χ1v) is 4.29. The van der Waals surface area contributed by atoms with E-state index >= 15 is 0 Å². The first kappa shape index (κ1) is 8.74. The van der Waals surface area contributed by atoms with Crippen LogP contribution in [-0.4, -0.2) is 24.9 Å². The number of carbonyl (C=O) groups excluding carboxylic acids is 1. The molecule has 0 aliphatic carbocycles. The van der Waals surface area contributed by atoms with Crippen LogP contribution in [0.15, 0.2) is 29.0 Å². The number of carbonyl (C=O) groups is 1. The molecule has 4 heteroatoms. The van der Waals surface area contributed by atoms with Gasteiger partial charge in [0.15, 0.2) is 12.0 Å². The van der Waals surface area contributed by atoms with Gasteiger partial charge in [-0.1, -0.05) is 0 Å². The largest absolute Gasteiger partial charge is 0.443 e. The zero-order valence-electron chi connectivity index (χ0n) is 7.80. The minimum absolute atomic E-state index is 0.375. The van der Waals surface area contributed by atoms with E-state index in [1.54, 1.807) is 0 Å². The Bertz CT molecular complexity index is 450. The van der Waals surface area contributed by atoms with E-state index < -0.39 is 0 Å². The van der Waals surface area contributed by atoms with Gasteiger partial charge >= 0.3 is 0 Å². The normalized spacial score (nSPS) is 10.4. The molecule has 0 aliphatic heterocycles. The van der Waals surface area contributed by atoms with Crippen molar-refractivity contribution in [1.29, 1.82) is 0 Å². The lowest BCUT2D eigenvalue weighted by Gasteiger charge is -2.14. The van der Waals surface area contributed by atoms with E-state index in [2.05, 4.69) is 4.98 Å². The molecule has 1 aromatic heterocycles. The summed E-state index contributed by atoms with van der Waals surface area (Å²) in [5.41, 5.74) is 2.51. The number of oxazole rings is 1. The predicted octanol–water partition coefficient (Wildman–Crippen LogP) is 1.46. The van der Waals surface area contributed by atoms with Gasteiger partial charge < -0.3 is 14.1 Å². The Morgan fingerprint density at radius 2 is 2.43 bits per heavy atom. The van der Waals surface area contributed by atoms with Gasteiger partial charge in [0.05, 0.1) is 6.54 Å². The van der Waals surface area contributed by atoms with Crippen molar-refractivity contribution < 1.29 is 9.21 Å². The van der Waals surface area contributed by atoms with Gasteiger partial charge in [-0.05, 0) is 12.1 Å². The zero-order chi connectivity index (χ0) is 9.97. The second-order valence-corrected chi connectivity index (χ2v) is 3.05. The molecule has 72 valence electrons. The average Bonchev–Trinajstić information content (AvgIpc) is 2.64. The van der Waals surface area contributed by atoms with Crippen molar-refractivity contribution in [1.82, 2.24) is 4.98 Å². The van der Waals surface area contributed by atoms with Gasteiger partial charge in [0.2, 0.25) is 0 Å². The van der Waals surface area contributed by atoms with Crippen LogP contribution in [0.3, 0.4) is 0 Å². The Kier molecular flexibility index (Phi) is 2.18. The molecule has 0 amide bonds. The molecule has 0 atom stereocenters. The van der Waals surface area contributed by atoms with E-state index in [0.717, 1.165) is 23.1 Å². The van der Waals surface area contributed by atoms with Crippen molar-refractivity contribution >= 4 is 23.1 Å². The lowest BCUT2D eigenvalue weighted by Crippen LogP contribution is -2.18. The molecule has 2 rings (SSSR count). The fourth-order valence-corrected chi connectivity index (χ4v) is 1.30. The summed E-state index contributed by atoms with van der Waals surface area (Å²) in [7, 11) is 1.85. The lowest BCUT2D eigenvalue weighted by molar-refractivity contribution is -0.106. The number of anilines is 1. The highest BCUT2D eigenvalue weighted by molar-refractivity contribution is 5.77. The summed E-state index contributed by atoms with van der Waals surface area (Å²) >= 11 is 0. The molecule has 1 heterocycles. The molecule has 0 fully saturated rings. The molecule has 0 N–H and O–H groups in total. The number of aldehydes is 1. The van der Waals surface area contributed by atoms with Crippen LogP contribution in [0.1, 0.15) is 0 Å². The van der Waals surface area contributed by atoms with Gasteiger partial charge in [-0.2, -0.15) is 0 Å². The Labute approximate surface area is 81.1 Å². The zero-order valence-corrected chi connectivity index (χ0v) is 7.80. The van der Waals surface area contributed by atoms with Crippen molar-refractivity contribution in [2.24, 2.45) is 0 Å². The highest BCUT2D eigenvalue weighted by Crippen LogP contribution is 2.19. The molecule has 1 aromatic carbocycles. The van der Waals surface area contributed by atoms with Crippen LogP contribution >= 0.6 is 0 Å². The third-order valence-corrected chi connectivity index (χ3v) is 2.10. The van der Waals surface area contributed by atoms with Crippen molar-refractivity contribution in [2.75, 3.05) is 18.5 Å². The Morgan fingerprint density at radius 1 is 1.57 bits per heavy atom. The monoisotopic (exact) mass is 190 g/mol. The van der Waals surface area contributed by atoms with E-state index in [0.29, 0.717) is 6.54 Å². The quantitative estimate of drug-likeness (QED) is 0.687. The predicted molar refractivity (Wildman–Crippen MR) is 53.3 cm³/mol. The second-order valence-electron chi connectivity index (χ2n) is 3.05. The van der Waals surface area contributed by atoms with Crippen LogP contribution in [0.2, 0.25) is 0 Å².